The number of aliphatic hydroxyl groups is 1. The number of hydrogen-bond donors (Lipinski definition) is 1. The lowest BCUT2D eigenvalue weighted by atomic mass is 9.79. The van der Waals surface area contributed by atoms with E-state index in [1.165, 1.54) is 19.1 Å². The van der Waals surface area contributed by atoms with Crippen LogP contribution in [0.15, 0.2) is 12.1 Å². The lowest BCUT2D eigenvalue weighted by Crippen LogP contribution is -2.48. The van der Waals surface area contributed by atoms with Crippen LogP contribution in [0.3, 0.4) is 0 Å². The minimum absolute atomic E-state index is 0.0328. The molecule has 3 unspecified atom stereocenters. The smallest absolute Gasteiger partial charge is 0.161 e. The van der Waals surface area contributed by atoms with Crippen LogP contribution in [0.4, 0.5) is 0 Å². The first-order chi connectivity index (χ1) is 13.7. The van der Waals surface area contributed by atoms with Gasteiger partial charge in [0.1, 0.15) is 0 Å². The average Bonchev–Trinajstić information content (AvgIpc) is 2.63. The average molecular weight is 326 g/mol. The van der Waals surface area contributed by atoms with Crippen molar-refractivity contribution < 1.29 is 24.2 Å². The van der Waals surface area contributed by atoms with Crippen LogP contribution < -0.4 is 9.47 Å². The van der Waals surface area contributed by atoms with Gasteiger partial charge in [-0.1, -0.05) is 13.8 Å². The fourth-order valence-corrected chi connectivity index (χ4v) is 3.16. The first kappa shape index (κ1) is 9.90. The maximum absolute atomic E-state index is 11.1. The molecule has 1 aromatic rings. The molecule has 1 fully saturated rings. The molecule has 0 spiro atoms. The standard InChI is InChI=1S/C19H29NO3/c1-12(2)7-14-11-20-6-5-13-8-18(22-3)19(23-4)9-15(13)16(20)10-17(14)21/h8-9,12,14,16-17,21H,5-7,10-11H2,1-4H3/i8D,9D,10D2,14D,16D,17D. The molecule has 0 radical (unpaired) electrons. The van der Waals surface area contributed by atoms with Gasteiger partial charge in [0.25, 0.3) is 0 Å². The van der Waals surface area contributed by atoms with Gasteiger partial charge in [0.05, 0.1) is 25.8 Å². The highest BCUT2D eigenvalue weighted by atomic mass is 16.5. The van der Waals surface area contributed by atoms with Crippen molar-refractivity contribution in [3.05, 3.63) is 23.2 Å². The Labute approximate surface area is 149 Å². The van der Waals surface area contributed by atoms with Gasteiger partial charge in [-0.05, 0) is 54.2 Å². The molecule has 0 aliphatic carbocycles. The van der Waals surface area contributed by atoms with Crippen molar-refractivity contribution in [1.29, 1.82) is 0 Å². The van der Waals surface area contributed by atoms with E-state index in [9.17, 15) is 6.48 Å². The Hall–Kier alpha value is -1.26. The SMILES string of the molecule is [2H]c1c2c(c([2H])c(OC)c1OC)C1([2H])N(CC2)CC([2H])(CC(C)C)C([2H])(O)C1([2H])[2H]. The quantitative estimate of drug-likeness (QED) is 0.923. The highest BCUT2D eigenvalue weighted by molar-refractivity contribution is 5.49. The Balaban J connectivity index is 2.32. The Kier molecular flexibility index (Phi) is 2.88. The van der Waals surface area contributed by atoms with Crippen molar-refractivity contribution in [2.75, 3.05) is 27.3 Å². The van der Waals surface area contributed by atoms with Crippen LogP contribution in [0, 0.1) is 11.8 Å². The minimum atomic E-state index is -2.94. The molecule has 1 saturated heterocycles. The lowest BCUT2D eigenvalue weighted by molar-refractivity contribution is -0.0191. The number of ether oxygens (including phenoxy) is 2. The van der Waals surface area contributed by atoms with Crippen LogP contribution in [0.5, 0.6) is 11.5 Å². The van der Waals surface area contributed by atoms with Gasteiger partial charge in [-0.15, -0.1) is 0 Å². The van der Waals surface area contributed by atoms with Crippen molar-refractivity contribution in [2.24, 2.45) is 11.8 Å². The second kappa shape index (κ2) is 6.70. The van der Waals surface area contributed by atoms with Gasteiger partial charge in [-0.25, -0.2) is 0 Å². The molecule has 1 aromatic carbocycles. The normalized spacial score (nSPS) is 43.7. The summed E-state index contributed by atoms with van der Waals surface area (Å²) in [4.78, 5) is 1.43. The molecule has 3 atom stereocenters. The van der Waals surface area contributed by atoms with Crippen LogP contribution in [0.1, 0.15) is 53.4 Å². The monoisotopic (exact) mass is 326 g/mol. The van der Waals surface area contributed by atoms with E-state index >= 15 is 0 Å². The summed E-state index contributed by atoms with van der Waals surface area (Å²) in [5.41, 5.74) is 0.156. The lowest BCUT2D eigenvalue weighted by Gasteiger charge is -2.46. The van der Waals surface area contributed by atoms with Crippen LogP contribution in [0.2, 0.25) is 0 Å². The van der Waals surface area contributed by atoms with Gasteiger partial charge in [0.15, 0.2) is 11.5 Å². The molecule has 0 bridgehead atoms. The zero-order valence-electron chi connectivity index (χ0n) is 21.1. The molecule has 4 heteroatoms. The molecule has 1 N–H and O–H groups in total. The number of hydrogen-bond acceptors (Lipinski definition) is 4. The summed E-state index contributed by atoms with van der Waals surface area (Å²) < 4.78 is 71.7. The van der Waals surface area contributed by atoms with E-state index in [4.69, 9.17) is 17.7 Å². The van der Waals surface area contributed by atoms with Crippen LogP contribution >= 0.6 is 0 Å². The van der Waals surface area contributed by atoms with E-state index in [1.54, 1.807) is 0 Å². The molecule has 23 heavy (non-hydrogen) atoms. The largest absolute Gasteiger partial charge is 0.493 e. The van der Waals surface area contributed by atoms with Gasteiger partial charge in [-0.3, -0.25) is 4.90 Å². The number of fused-ring (bicyclic) bond motifs is 3. The molecule has 3 rings (SSSR count). The van der Waals surface area contributed by atoms with E-state index in [1.807, 2.05) is 13.8 Å². The molecular weight excluding hydrogens is 290 g/mol. The van der Waals surface area contributed by atoms with E-state index in [0.29, 0.717) is 0 Å². The highest BCUT2D eigenvalue weighted by Gasteiger charge is 2.38. The van der Waals surface area contributed by atoms with Crippen molar-refractivity contribution in [2.45, 2.75) is 45.2 Å². The third-order valence-electron chi connectivity index (χ3n) is 4.21. The summed E-state index contributed by atoms with van der Waals surface area (Å²) in [5, 5.41) is 11.1. The van der Waals surface area contributed by atoms with Gasteiger partial charge in [0, 0.05) is 23.2 Å². The Morgan fingerprint density at radius 2 is 2.09 bits per heavy atom. The maximum atomic E-state index is 11.1. The molecule has 0 saturated carbocycles. The molecule has 0 aromatic heterocycles. The predicted octanol–water partition coefficient (Wildman–Crippen LogP) is 3.03. The Bertz CT molecular complexity index is 863. The van der Waals surface area contributed by atoms with Crippen molar-refractivity contribution >= 4 is 0 Å². The molecule has 2 heterocycles. The van der Waals surface area contributed by atoms with Crippen LogP contribution in [0.25, 0.3) is 0 Å². The zero-order valence-corrected chi connectivity index (χ0v) is 14.1. The van der Waals surface area contributed by atoms with Gasteiger partial charge >= 0.3 is 0 Å². The third-order valence-corrected chi connectivity index (χ3v) is 4.21. The summed E-state index contributed by atoms with van der Waals surface area (Å²) in [6.45, 7) is 3.63. The summed E-state index contributed by atoms with van der Waals surface area (Å²) in [6, 6.07) is -2.74. The summed E-state index contributed by atoms with van der Waals surface area (Å²) in [5.74, 6) is -1.99. The first-order valence-electron chi connectivity index (χ1n) is 11.4. The molecular formula is C19H29NO3. The predicted molar refractivity (Wildman–Crippen MR) is 91.1 cm³/mol. The van der Waals surface area contributed by atoms with E-state index < -0.39 is 24.4 Å². The van der Waals surface area contributed by atoms with Crippen molar-refractivity contribution in [3.8, 4) is 11.5 Å². The van der Waals surface area contributed by atoms with E-state index in [-0.39, 0.29) is 66.6 Å². The summed E-state index contributed by atoms with van der Waals surface area (Å²) in [7, 11) is 2.64. The van der Waals surface area contributed by atoms with E-state index in [2.05, 4.69) is 0 Å². The zero-order chi connectivity index (χ0) is 22.9. The molecule has 2 aliphatic heterocycles. The van der Waals surface area contributed by atoms with Crippen LogP contribution in [-0.2, 0) is 6.42 Å². The number of methoxy groups -OCH3 is 2. The Morgan fingerprint density at radius 3 is 2.74 bits per heavy atom. The summed E-state index contributed by atoms with van der Waals surface area (Å²) in [6.07, 6.45) is -5.52. The third kappa shape index (κ3) is 3.20. The number of nitrogens with zero attached hydrogens (tertiary/aromatic N) is 1. The van der Waals surface area contributed by atoms with Crippen molar-refractivity contribution in [3.63, 3.8) is 0 Å². The topological polar surface area (TPSA) is 41.9 Å². The molecule has 2 aliphatic rings. The van der Waals surface area contributed by atoms with Gasteiger partial charge < -0.3 is 14.6 Å². The number of benzene rings is 1. The van der Waals surface area contributed by atoms with Crippen molar-refractivity contribution in [1.82, 2.24) is 4.90 Å². The fourth-order valence-electron chi connectivity index (χ4n) is 3.16. The molecule has 0 amide bonds. The second-order valence-electron chi connectivity index (χ2n) is 6.37. The van der Waals surface area contributed by atoms with E-state index in [0.717, 1.165) is 0 Å². The highest BCUT2D eigenvalue weighted by Crippen LogP contribution is 2.43. The first-order valence-corrected chi connectivity index (χ1v) is 7.93. The molecule has 4 nitrogen and oxygen atoms in total. The van der Waals surface area contributed by atoms with Gasteiger partial charge in [-0.2, -0.15) is 0 Å². The Morgan fingerprint density at radius 1 is 1.39 bits per heavy atom. The molecule has 128 valence electrons. The summed E-state index contributed by atoms with van der Waals surface area (Å²) >= 11 is 0. The van der Waals surface area contributed by atoms with Gasteiger partial charge in [0.2, 0.25) is 0 Å². The number of rotatable bonds is 4. The fraction of sp³-hybridized carbons (Fsp3) is 0.684. The van der Waals surface area contributed by atoms with Crippen LogP contribution in [-0.4, -0.2) is 43.4 Å². The maximum Gasteiger partial charge on any atom is 0.161 e. The second-order valence-corrected chi connectivity index (χ2v) is 6.37. The minimum Gasteiger partial charge on any atom is -0.493 e. The number of piperidine rings is 1.